The third kappa shape index (κ3) is 75.4. The van der Waals surface area contributed by atoms with Crippen molar-refractivity contribution in [3.8, 4) is 0 Å². The molecule has 0 saturated carbocycles. The van der Waals surface area contributed by atoms with Crippen molar-refractivity contribution in [2.75, 3.05) is 47.5 Å². The van der Waals surface area contributed by atoms with Crippen molar-refractivity contribution in [3.63, 3.8) is 0 Å². The molecule has 9 heteroatoms. The van der Waals surface area contributed by atoms with Gasteiger partial charge in [0.15, 0.2) is 12.4 Å². The minimum Gasteiger partial charge on any atom is -0.545 e. The summed E-state index contributed by atoms with van der Waals surface area (Å²) in [7, 11) is 5.92. The van der Waals surface area contributed by atoms with Gasteiger partial charge in [0.1, 0.15) is 13.2 Å². The van der Waals surface area contributed by atoms with Crippen molar-refractivity contribution in [2.24, 2.45) is 0 Å². The number of quaternary nitrogens is 1. The topological polar surface area (TPSA) is 111 Å². The minimum absolute atomic E-state index is 0.136. The van der Waals surface area contributed by atoms with Crippen LogP contribution in [0.5, 0.6) is 0 Å². The van der Waals surface area contributed by atoms with Gasteiger partial charge in [-0.1, -0.05) is 311 Å². The number of esters is 2. The molecule has 0 fully saturated rings. The highest BCUT2D eigenvalue weighted by Gasteiger charge is 2.22. The van der Waals surface area contributed by atoms with E-state index < -0.39 is 24.3 Å². The van der Waals surface area contributed by atoms with Gasteiger partial charge in [-0.15, -0.1) is 0 Å². The number of allylic oxidation sites excluding steroid dienone is 32. The number of carboxylic acid groups (broad SMARTS) is 1. The largest absolute Gasteiger partial charge is 0.545 e. The van der Waals surface area contributed by atoms with Crippen molar-refractivity contribution in [1.29, 1.82) is 0 Å². The molecule has 0 aliphatic carbocycles. The zero-order valence-corrected chi connectivity index (χ0v) is 61.0. The van der Waals surface area contributed by atoms with Crippen LogP contribution in [0, 0.1) is 0 Å². The Kier molecular flexibility index (Phi) is 69.4. The number of ether oxygens (including phenoxy) is 4. The number of carbonyl (C=O) groups is 3. The molecule has 0 radical (unpaired) electrons. The van der Waals surface area contributed by atoms with Crippen molar-refractivity contribution in [2.45, 2.75) is 283 Å². The summed E-state index contributed by atoms with van der Waals surface area (Å²) in [5, 5.41) is 11.9. The number of hydrogen-bond acceptors (Lipinski definition) is 8. The molecule has 0 aromatic carbocycles. The van der Waals surface area contributed by atoms with Crippen LogP contribution in [0.15, 0.2) is 194 Å². The van der Waals surface area contributed by atoms with Crippen molar-refractivity contribution in [3.05, 3.63) is 194 Å². The van der Waals surface area contributed by atoms with Gasteiger partial charge in [-0.2, -0.15) is 0 Å². The number of aliphatic carboxylic acids is 1. The fourth-order valence-electron chi connectivity index (χ4n) is 9.69. The number of hydrogen-bond donors (Lipinski definition) is 0. The van der Waals surface area contributed by atoms with Gasteiger partial charge in [-0.05, 0) is 141 Å². The molecule has 0 amide bonds. The summed E-state index contributed by atoms with van der Waals surface area (Å²) < 4.78 is 22.8. The Hall–Kier alpha value is -5.87. The maximum atomic E-state index is 13.0. The van der Waals surface area contributed by atoms with E-state index in [1.54, 1.807) is 0 Å². The van der Waals surface area contributed by atoms with E-state index in [0.717, 1.165) is 161 Å². The van der Waals surface area contributed by atoms with Crippen LogP contribution in [0.1, 0.15) is 271 Å². The smallest absolute Gasteiger partial charge is 0.306 e. The van der Waals surface area contributed by atoms with Gasteiger partial charge in [0.2, 0.25) is 0 Å². The van der Waals surface area contributed by atoms with Gasteiger partial charge in [0.25, 0.3) is 0 Å². The molecule has 2 atom stereocenters. The first-order chi connectivity index (χ1) is 46.6. The van der Waals surface area contributed by atoms with E-state index in [9.17, 15) is 19.5 Å². The average molecular weight is 1310 g/mol. The number of unbranched alkanes of at least 4 members (excludes halogenated alkanes) is 20. The first-order valence-electron chi connectivity index (χ1n) is 37.6. The van der Waals surface area contributed by atoms with Crippen molar-refractivity contribution < 1.29 is 42.9 Å². The lowest BCUT2D eigenvalue weighted by atomic mass is 10.0. The Morgan fingerprint density at radius 1 is 0.316 bits per heavy atom. The molecule has 9 nitrogen and oxygen atoms in total. The average Bonchev–Trinajstić information content (AvgIpc) is 3.75. The van der Waals surface area contributed by atoms with Gasteiger partial charge in [0, 0.05) is 12.8 Å². The Bertz CT molecular complexity index is 2270. The van der Waals surface area contributed by atoms with Crippen LogP contribution in [0.2, 0.25) is 0 Å². The normalized spacial score (nSPS) is 13.8. The second-order valence-electron chi connectivity index (χ2n) is 25.5. The maximum absolute atomic E-state index is 13.0. The van der Waals surface area contributed by atoms with Gasteiger partial charge in [0.05, 0.1) is 40.3 Å². The molecule has 0 saturated heterocycles. The van der Waals surface area contributed by atoms with Gasteiger partial charge < -0.3 is 33.3 Å². The van der Waals surface area contributed by atoms with E-state index in [2.05, 4.69) is 208 Å². The summed E-state index contributed by atoms with van der Waals surface area (Å²) in [4.78, 5) is 37.6. The molecule has 0 spiro atoms. The van der Waals surface area contributed by atoms with E-state index in [-0.39, 0.29) is 38.6 Å². The maximum Gasteiger partial charge on any atom is 0.306 e. The van der Waals surface area contributed by atoms with Crippen molar-refractivity contribution in [1.82, 2.24) is 0 Å². The fraction of sp³-hybridized carbons (Fsp3) is 0.593. The molecule has 0 aromatic heterocycles. The van der Waals surface area contributed by atoms with E-state index in [1.165, 1.54) is 77.0 Å². The standard InChI is InChI=1S/C86H137NO8/c1-6-8-10-12-14-16-18-20-22-24-26-28-30-32-34-36-38-40-41-42-43-45-47-49-51-53-55-57-59-61-63-65-67-69-71-73-75-77-84(89)95-82(81-94-86(85(90)91)92-79-78-87(3,4)5)80-93-83(88)76-74-72-70-68-66-64-62-60-58-56-54-52-50-48-46-44-39-37-35-33-31-29-27-25-23-21-19-17-15-13-11-9-7-2/h8-11,14-17,20-23,26-29,32-35,38-40,42-44,47-50,54,56,82,86H,6-7,12-13,18-19,24-25,30-31,36-37,41,45-46,51-53,55,57-81H2,1-5H3/b10-8-,11-9-,16-14-,17-15-,22-20-,23-21-,28-26-,29-27-,34-32-,35-33-,40-38-,43-42-,44-39-,49-47-,50-48-,56-54-. The molecule has 0 rings (SSSR count). The van der Waals surface area contributed by atoms with Gasteiger partial charge in [-0.25, -0.2) is 0 Å². The summed E-state index contributed by atoms with van der Waals surface area (Å²) >= 11 is 0. The summed E-state index contributed by atoms with van der Waals surface area (Å²) in [6.07, 6.45) is 111. The Labute approximate surface area is 582 Å². The molecule has 0 N–H and O–H groups in total. The second kappa shape index (κ2) is 73.9. The molecule has 534 valence electrons. The molecule has 0 aliphatic heterocycles. The fourth-order valence-corrected chi connectivity index (χ4v) is 9.69. The minimum atomic E-state index is -1.64. The Morgan fingerprint density at radius 3 is 0.842 bits per heavy atom. The van der Waals surface area contributed by atoms with Crippen LogP contribution >= 0.6 is 0 Å². The number of likely N-dealkylation sites (N-methyl/N-ethyl adjacent to an activating group) is 1. The summed E-state index contributed by atoms with van der Waals surface area (Å²) in [6, 6.07) is 0. The van der Waals surface area contributed by atoms with Crippen LogP contribution < -0.4 is 5.11 Å². The number of nitrogens with zero attached hydrogens (tertiary/aromatic N) is 1. The molecule has 0 bridgehead atoms. The highest BCUT2D eigenvalue weighted by molar-refractivity contribution is 5.70. The predicted octanol–water partition coefficient (Wildman–Crippen LogP) is 22.8. The molecule has 95 heavy (non-hydrogen) atoms. The SMILES string of the molecule is CC/C=C\C/C=C\C/C=C\C/C=C\C/C=C\C/C=C\C/C=C\C/C=C\CCCCCCCCCCCCCCC(=O)OC(COC(=O)CCCCCCCCCC/C=C\C/C=C\C/C=C\C/C=C\C/C=C\C/C=C\C/C=C\C/C=C\CC)COC(OCC[N+](C)(C)C)C(=O)[O-]. The van der Waals surface area contributed by atoms with Gasteiger partial charge in [-0.3, -0.25) is 9.59 Å². The lowest BCUT2D eigenvalue weighted by molar-refractivity contribution is -0.870. The highest BCUT2D eigenvalue weighted by atomic mass is 16.7. The third-order valence-corrected chi connectivity index (χ3v) is 15.3. The Morgan fingerprint density at radius 2 is 0.568 bits per heavy atom. The van der Waals surface area contributed by atoms with E-state index in [4.69, 9.17) is 18.9 Å². The molecule has 0 heterocycles. The van der Waals surface area contributed by atoms with E-state index in [1.807, 2.05) is 21.1 Å². The van der Waals surface area contributed by atoms with Crippen LogP contribution in [0.4, 0.5) is 0 Å². The predicted molar refractivity (Wildman–Crippen MR) is 407 cm³/mol. The highest BCUT2D eigenvalue weighted by Crippen LogP contribution is 2.16. The van der Waals surface area contributed by atoms with E-state index >= 15 is 0 Å². The Balaban J connectivity index is 4.18. The number of carboxylic acids is 1. The van der Waals surface area contributed by atoms with Crippen molar-refractivity contribution >= 4 is 17.9 Å². The summed E-state index contributed by atoms with van der Waals surface area (Å²) in [5.74, 6) is -2.31. The molecule has 0 aliphatic rings. The number of carbonyl (C=O) groups excluding carboxylic acids is 3. The molecule has 0 aromatic rings. The quantitative estimate of drug-likeness (QED) is 0.0195. The van der Waals surface area contributed by atoms with Crippen LogP contribution in [0.25, 0.3) is 0 Å². The first-order valence-corrected chi connectivity index (χ1v) is 37.6. The lowest BCUT2D eigenvalue weighted by Crippen LogP contribution is -2.44. The monoisotopic (exact) mass is 1310 g/mol. The molecule has 2 unspecified atom stereocenters. The van der Waals surface area contributed by atoms with Crippen LogP contribution in [0.3, 0.4) is 0 Å². The lowest BCUT2D eigenvalue weighted by Gasteiger charge is -2.26. The second-order valence-corrected chi connectivity index (χ2v) is 25.5. The zero-order valence-electron chi connectivity index (χ0n) is 61.0. The third-order valence-electron chi connectivity index (χ3n) is 15.3. The van der Waals surface area contributed by atoms with E-state index in [0.29, 0.717) is 17.4 Å². The van der Waals surface area contributed by atoms with Crippen LogP contribution in [-0.2, 0) is 33.3 Å². The zero-order chi connectivity index (χ0) is 69.0. The molecular weight excluding hydrogens is 1170 g/mol. The van der Waals surface area contributed by atoms with Gasteiger partial charge >= 0.3 is 11.9 Å². The molecular formula is C86H137NO8. The van der Waals surface area contributed by atoms with Crippen LogP contribution in [-0.4, -0.2) is 82.3 Å². The summed E-state index contributed by atoms with van der Waals surface area (Å²) in [6.45, 7) is 4.50. The first kappa shape index (κ1) is 89.1. The summed E-state index contributed by atoms with van der Waals surface area (Å²) in [5.41, 5.74) is 0. The number of rotatable bonds is 67.